The van der Waals surface area contributed by atoms with Crippen LogP contribution in [0, 0.1) is 0 Å². The van der Waals surface area contributed by atoms with E-state index < -0.39 is 49.5 Å². The molecule has 1 heterocycles. The monoisotopic (exact) mass is 1060 g/mol. The fraction of sp³-hybridized carbons (Fsp3) is 0.894. The van der Waals surface area contributed by atoms with Crippen molar-refractivity contribution in [3.05, 3.63) is 36.5 Å². The maximum atomic E-state index is 13.1. The van der Waals surface area contributed by atoms with E-state index in [0.29, 0.717) is 6.42 Å². The van der Waals surface area contributed by atoms with E-state index in [1.54, 1.807) is 6.08 Å². The molecule has 0 aliphatic carbocycles. The van der Waals surface area contributed by atoms with Crippen molar-refractivity contribution in [2.75, 3.05) is 13.2 Å². The van der Waals surface area contributed by atoms with E-state index >= 15 is 0 Å². The van der Waals surface area contributed by atoms with Gasteiger partial charge in [-0.15, -0.1) is 0 Å². The number of unbranched alkanes of at least 4 members (excludes halogenated alkanes) is 43. The Morgan fingerprint density at radius 1 is 0.453 bits per heavy atom. The predicted octanol–water partition coefficient (Wildman–Crippen LogP) is 17.1. The van der Waals surface area contributed by atoms with E-state index in [1.165, 1.54) is 257 Å². The van der Waals surface area contributed by atoms with E-state index in [9.17, 15) is 30.3 Å². The Morgan fingerprint density at radius 3 is 1.15 bits per heavy atom. The van der Waals surface area contributed by atoms with Crippen LogP contribution in [-0.4, -0.2) is 87.5 Å². The van der Waals surface area contributed by atoms with Crippen molar-refractivity contribution in [1.29, 1.82) is 0 Å². The summed E-state index contributed by atoms with van der Waals surface area (Å²) in [6.07, 6.45) is 66.6. The van der Waals surface area contributed by atoms with Gasteiger partial charge >= 0.3 is 0 Å². The van der Waals surface area contributed by atoms with Gasteiger partial charge in [0.2, 0.25) is 5.91 Å². The van der Waals surface area contributed by atoms with Crippen LogP contribution < -0.4 is 5.32 Å². The van der Waals surface area contributed by atoms with Crippen molar-refractivity contribution in [2.24, 2.45) is 0 Å². The number of nitrogens with one attached hydrogen (secondary N) is 1. The SMILES string of the molecule is CCCCCCCCCCC/C=C\C/C=C\CCCCCCCCCCCCCCCCCCCC(=O)NC(COC1OC(CO)C(O)C(O)C1O)C(O)/C=C/CCCCCCCCCCCCCCCCCCC. The molecular formula is C66H125NO8. The summed E-state index contributed by atoms with van der Waals surface area (Å²) in [4.78, 5) is 13.1. The Morgan fingerprint density at radius 2 is 0.787 bits per heavy atom. The molecule has 1 amide bonds. The summed E-state index contributed by atoms with van der Waals surface area (Å²) in [5.41, 5.74) is 0. The summed E-state index contributed by atoms with van der Waals surface area (Å²) in [6.45, 7) is 3.82. The highest BCUT2D eigenvalue weighted by Crippen LogP contribution is 2.23. The van der Waals surface area contributed by atoms with E-state index in [-0.39, 0.29) is 12.5 Å². The van der Waals surface area contributed by atoms with E-state index in [2.05, 4.69) is 43.5 Å². The second kappa shape index (κ2) is 55.7. The lowest BCUT2D eigenvalue weighted by Gasteiger charge is -2.40. The van der Waals surface area contributed by atoms with Crippen LogP contribution in [0.15, 0.2) is 36.5 Å². The quantitative estimate of drug-likeness (QED) is 0.0261. The first-order valence-corrected chi connectivity index (χ1v) is 32.7. The smallest absolute Gasteiger partial charge is 0.220 e. The molecule has 1 aliphatic rings. The Hall–Kier alpha value is -1.59. The summed E-state index contributed by atoms with van der Waals surface area (Å²) >= 11 is 0. The lowest BCUT2D eigenvalue weighted by Crippen LogP contribution is -2.60. The molecule has 9 nitrogen and oxygen atoms in total. The Kier molecular flexibility index (Phi) is 53.1. The minimum Gasteiger partial charge on any atom is -0.394 e. The average Bonchev–Trinajstić information content (AvgIpc) is 3.41. The predicted molar refractivity (Wildman–Crippen MR) is 318 cm³/mol. The lowest BCUT2D eigenvalue weighted by atomic mass is 9.99. The van der Waals surface area contributed by atoms with Crippen LogP contribution in [0.3, 0.4) is 0 Å². The molecule has 1 fully saturated rings. The summed E-state index contributed by atoms with van der Waals surface area (Å²) in [5.74, 6) is -0.172. The maximum Gasteiger partial charge on any atom is 0.220 e. The van der Waals surface area contributed by atoms with Crippen molar-refractivity contribution in [1.82, 2.24) is 5.32 Å². The molecule has 75 heavy (non-hydrogen) atoms. The second-order valence-electron chi connectivity index (χ2n) is 22.9. The molecule has 9 heteroatoms. The standard InChI is InChI=1S/C66H125NO8/c1-3-5-7-9-11-13-15-17-19-21-23-24-25-26-27-28-29-30-31-32-33-34-35-36-38-40-42-44-46-48-50-52-54-56-62(70)67-59(58-74-66-65(73)64(72)63(71)61(57-68)75-66)60(69)55-53-51-49-47-45-43-41-39-37-22-20-18-16-14-12-10-8-6-4-2/h23-24,26-27,53,55,59-61,63-66,68-69,71-73H,3-22,25,28-52,54,56-58H2,1-2H3,(H,67,70)/b24-23-,27-26-,55-53+. The van der Waals surface area contributed by atoms with Crippen LogP contribution in [0.4, 0.5) is 0 Å². The number of carbonyl (C=O) groups excluding carboxylic acids is 1. The number of carbonyl (C=O) groups is 1. The first-order valence-electron chi connectivity index (χ1n) is 32.7. The zero-order chi connectivity index (χ0) is 54.3. The van der Waals surface area contributed by atoms with Crippen molar-refractivity contribution >= 4 is 5.91 Å². The number of ether oxygens (including phenoxy) is 2. The third-order valence-electron chi connectivity index (χ3n) is 15.7. The first-order chi connectivity index (χ1) is 36.8. The highest BCUT2D eigenvalue weighted by Gasteiger charge is 2.44. The van der Waals surface area contributed by atoms with Crippen molar-refractivity contribution in [3.8, 4) is 0 Å². The van der Waals surface area contributed by atoms with Crippen LogP contribution in [0.25, 0.3) is 0 Å². The number of allylic oxidation sites excluding steroid dienone is 5. The van der Waals surface area contributed by atoms with E-state index in [4.69, 9.17) is 9.47 Å². The van der Waals surface area contributed by atoms with Gasteiger partial charge in [-0.1, -0.05) is 301 Å². The van der Waals surface area contributed by atoms with Crippen LogP contribution in [0.5, 0.6) is 0 Å². The summed E-state index contributed by atoms with van der Waals surface area (Å²) in [6, 6.07) is -0.804. The minimum absolute atomic E-state index is 0.172. The second-order valence-corrected chi connectivity index (χ2v) is 22.9. The van der Waals surface area contributed by atoms with Crippen LogP contribution in [-0.2, 0) is 14.3 Å². The third-order valence-corrected chi connectivity index (χ3v) is 15.7. The molecule has 0 spiro atoms. The molecule has 1 aliphatic heterocycles. The molecule has 1 rings (SSSR count). The van der Waals surface area contributed by atoms with Gasteiger partial charge < -0.3 is 40.3 Å². The zero-order valence-corrected chi connectivity index (χ0v) is 49.3. The maximum absolute atomic E-state index is 13.1. The number of aliphatic hydroxyl groups excluding tert-OH is 5. The van der Waals surface area contributed by atoms with Crippen LogP contribution in [0.2, 0.25) is 0 Å². The summed E-state index contributed by atoms with van der Waals surface area (Å²) in [5, 5.41) is 54.6. The third kappa shape index (κ3) is 44.9. The molecular weight excluding hydrogens is 935 g/mol. The molecule has 0 aromatic rings. The molecule has 0 bridgehead atoms. The van der Waals surface area contributed by atoms with Gasteiger partial charge in [-0.25, -0.2) is 0 Å². The molecule has 0 aromatic carbocycles. The highest BCUT2D eigenvalue weighted by atomic mass is 16.7. The normalized spacial score (nSPS) is 19.1. The average molecular weight is 1060 g/mol. The van der Waals surface area contributed by atoms with Crippen molar-refractivity contribution < 1.29 is 39.8 Å². The number of aliphatic hydroxyl groups is 5. The van der Waals surface area contributed by atoms with Crippen LogP contribution in [0.1, 0.15) is 322 Å². The molecule has 7 atom stereocenters. The molecule has 442 valence electrons. The van der Waals surface area contributed by atoms with Gasteiger partial charge in [-0.05, 0) is 51.4 Å². The number of amides is 1. The largest absolute Gasteiger partial charge is 0.394 e. The van der Waals surface area contributed by atoms with Gasteiger partial charge in [0.25, 0.3) is 0 Å². The Balaban J connectivity index is 2.12. The van der Waals surface area contributed by atoms with E-state index in [0.717, 1.165) is 44.9 Å². The van der Waals surface area contributed by atoms with Gasteiger partial charge in [0.15, 0.2) is 6.29 Å². The van der Waals surface area contributed by atoms with Gasteiger partial charge in [0.05, 0.1) is 25.4 Å². The van der Waals surface area contributed by atoms with Crippen molar-refractivity contribution in [3.63, 3.8) is 0 Å². The topological polar surface area (TPSA) is 149 Å². The van der Waals surface area contributed by atoms with Gasteiger partial charge in [0.1, 0.15) is 24.4 Å². The van der Waals surface area contributed by atoms with Gasteiger partial charge in [0, 0.05) is 6.42 Å². The van der Waals surface area contributed by atoms with E-state index in [1.807, 2.05) is 6.08 Å². The number of hydrogen-bond acceptors (Lipinski definition) is 8. The number of rotatable bonds is 57. The first kappa shape index (κ1) is 71.4. The van der Waals surface area contributed by atoms with Gasteiger partial charge in [-0.3, -0.25) is 4.79 Å². The van der Waals surface area contributed by atoms with Gasteiger partial charge in [-0.2, -0.15) is 0 Å². The Bertz CT molecular complexity index is 1270. The van der Waals surface area contributed by atoms with Crippen molar-refractivity contribution in [2.45, 2.75) is 365 Å². The molecule has 0 aromatic heterocycles. The molecule has 0 radical (unpaired) electrons. The molecule has 7 unspecified atom stereocenters. The minimum atomic E-state index is -1.57. The fourth-order valence-electron chi connectivity index (χ4n) is 10.5. The van der Waals surface area contributed by atoms with Crippen LogP contribution >= 0.6 is 0 Å². The lowest BCUT2D eigenvalue weighted by molar-refractivity contribution is -0.302. The zero-order valence-electron chi connectivity index (χ0n) is 49.3. The molecule has 6 N–H and O–H groups in total. The highest BCUT2D eigenvalue weighted by molar-refractivity contribution is 5.76. The summed E-state index contributed by atoms with van der Waals surface area (Å²) in [7, 11) is 0. The number of hydrogen-bond donors (Lipinski definition) is 6. The fourth-order valence-corrected chi connectivity index (χ4v) is 10.5. The summed E-state index contributed by atoms with van der Waals surface area (Å²) < 4.78 is 11.3. The molecule has 0 saturated carbocycles. The Labute approximate surface area is 463 Å². The molecule has 1 saturated heterocycles.